The zero-order chi connectivity index (χ0) is 14.7. The largest absolute Gasteiger partial charge is 0.392 e. The van der Waals surface area contributed by atoms with Crippen LogP contribution in [-0.4, -0.2) is 11.0 Å². The van der Waals surface area contributed by atoms with E-state index in [2.05, 4.69) is 21.2 Å². The van der Waals surface area contributed by atoms with Gasteiger partial charge in [0.15, 0.2) is 11.6 Å². The molecule has 104 valence electrons. The van der Waals surface area contributed by atoms with E-state index in [4.69, 9.17) is 5.11 Å². The predicted molar refractivity (Wildman–Crippen MR) is 74.4 cm³/mol. The normalized spacial score (nSPS) is 10.4. The van der Waals surface area contributed by atoms with Crippen molar-refractivity contribution in [1.82, 2.24) is 0 Å². The van der Waals surface area contributed by atoms with Crippen LogP contribution in [0.2, 0.25) is 0 Å². The molecule has 0 aliphatic carbocycles. The fourth-order valence-electron chi connectivity index (χ4n) is 1.64. The highest BCUT2D eigenvalue weighted by Crippen LogP contribution is 2.22. The maximum absolute atomic E-state index is 13.2. The van der Waals surface area contributed by atoms with E-state index in [-0.39, 0.29) is 16.6 Å². The Balaban J connectivity index is 2.26. The zero-order valence-corrected chi connectivity index (χ0v) is 11.7. The summed E-state index contributed by atoms with van der Waals surface area (Å²) >= 11 is 3.02. The van der Waals surface area contributed by atoms with E-state index in [1.165, 1.54) is 0 Å². The van der Waals surface area contributed by atoms with Gasteiger partial charge in [-0.25, -0.2) is 8.78 Å². The Morgan fingerprint density at radius 3 is 2.60 bits per heavy atom. The molecular weight excluding hydrogens is 332 g/mol. The van der Waals surface area contributed by atoms with Gasteiger partial charge in [0.25, 0.3) is 5.91 Å². The minimum absolute atomic E-state index is 0.0155. The predicted octanol–water partition coefficient (Wildman–Crippen LogP) is 3.47. The molecule has 0 saturated heterocycles. The van der Waals surface area contributed by atoms with Gasteiger partial charge in [-0.3, -0.25) is 4.79 Å². The van der Waals surface area contributed by atoms with Gasteiger partial charge in [0.1, 0.15) is 0 Å². The van der Waals surface area contributed by atoms with Crippen LogP contribution in [0.1, 0.15) is 15.9 Å². The molecule has 0 aromatic heterocycles. The quantitative estimate of drug-likeness (QED) is 0.840. The number of aliphatic hydroxyl groups excluding tert-OH is 1. The molecule has 0 unspecified atom stereocenters. The molecule has 3 nitrogen and oxygen atoms in total. The molecule has 20 heavy (non-hydrogen) atoms. The summed E-state index contributed by atoms with van der Waals surface area (Å²) in [6.07, 6.45) is 0. The van der Waals surface area contributed by atoms with Crippen LogP contribution < -0.4 is 5.32 Å². The molecular formula is C14H10BrF2NO2. The first-order valence-electron chi connectivity index (χ1n) is 5.67. The lowest BCUT2D eigenvalue weighted by atomic mass is 10.1. The molecule has 0 radical (unpaired) electrons. The van der Waals surface area contributed by atoms with Gasteiger partial charge in [-0.2, -0.15) is 0 Å². The second-order valence-electron chi connectivity index (χ2n) is 4.06. The van der Waals surface area contributed by atoms with Crippen molar-refractivity contribution in [3.63, 3.8) is 0 Å². The van der Waals surface area contributed by atoms with Crippen molar-refractivity contribution in [2.45, 2.75) is 6.61 Å². The Hall–Kier alpha value is -1.79. The van der Waals surface area contributed by atoms with Gasteiger partial charge in [0, 0.05) is 10.2 Å². The number of carbonyl (C=O) groups excluding carboxylic acids is 1. The van der Waals surface area contributed by atoms with E-state index in [1.807, 2.05) is 0 Å². The first-order chi connectivity index (χ1) is 9.51. The maximum atomic E-state index is 13.2. The second kappa shape index (κ2) is 6.11. The van der Waals surface area contributed by atoms with Crippen LogP contribution in [0.4, 0.5) is 14.5 Å². The number of halogens is 3. The number of benzene rings is 2. The average molecular weight is 342 g/mol. The minimum atomic E-state index is -1.09. The smallest absolute Gasteiger partial charge is 0.256 e. The topological polar surface area (TPSA) is 49.3 Å². The third-order valence-electron chi connectivity index (χ3n) is 2.62. The Bertz CT molecular complexity index is 662. The van der Waals surface area contributed by atoms with Gasteiger partial charge in [-0.1, -0.05) is 12.1 Å². The number of anilines is 1. The van der Waals surface area contributed by atoms with E-state index in [9.17, 15) is 13.6 Å². The van der Waals surface area contributed by atoms with Crippen LogP contribution in [0, 0.1) is 11.6 Å². The molecule has 2 aromatic rings. The molecule has 1 amide bonds. The van der Waals surface area contributed by atoms with Crippen LogP contribution in [0.5, 0.6) is 0 Å². The molecule has 6 heteroatoms. The van der Waals surface area contributed by atoms with E-state index in [1.54, 1.807) is 24.3 Å². The van der Waals surface area contributed by atoms with E-state index >= 15 is 0 Å². The van der Waals surface area contributed by atoms with Gasteiger partial charge in [0.05, 0.1) is 12.2 Å². The lowest BCUT2D eigenvalue weighted by molar-refractivity contribution is 0.102. The summed E-state index contributed by atoms with van der Waals surface area (Å²) in [6, 6.07) is 8.31. The van der Waals surface area contributed by atoms with Gasteiger partial charge >= 0.3 is 0 Å². The van der Waals surface area contributed by atoms with Crippen molar-refractivity contribution in [2.24, 2.45) is 0 Å². The summed E-state index contributed by atoms with van der Waals surface area (Å²) < 4.78 is 26.3. The van der Waals surface area contributed by atoms with Crippen LogP contribution >= 0.6 is 15.9 Å². The van der Waals surface area contributed by atoms with Crippen LogP contribution in [0.25, 0.3) is 0 Å². The van der Waals surface area contributed by atoms with Crippen LogP contribution in [0.3, 0.4) is 0 Å². The zero-order valence-electron chi connectivity index (χ0n) is 10.2. The lowest BCUT2D eigenvalue weighted by Crippen LogP contribution is -2.13. The van der Waals surface area contributed by atoms with Gasteiger partial charge in [-0.05, 0) is 45.8 Å². The van der Waals surface area contributed by atoms with Crippen molar-refractivity contribution < 1.29 is 18.7 Å². The van der Waals surface area contributed by atoms with Crippen molar-refractivity contribution in [2.75, 3.05) is 5.32 Å². The van der Waals surface area contributed by atoms with Gasteiger partial charge in [-0.15, -0.1) is 0 Å². The average Bonchev–Trinajstić information content (AvgIpc) is 2.43. The number of hydrogen-bond donors (Lipinski definition) is 2. The molecule has 0 saturated carbocycles. The molecule has 0 spiro atoms. The first-order valence-corrected chi connectivity index (χ1v) is 6.46. The number of nitrogens with one attached hydrogen (secondary N) is 1. The van der Waals surface area contributed by atoms with Gasteiger partial charge in [0.2, 0.25) is 0 Å². The number of hydrogen-bond acceptors (Lipinski definition) is 2. The molecule has 0 aliphatic rings. The summed E-state index contributed by atoms with van der Waals surface area (Å²) in [5.74, 6) is -2.70. The summed E-state index contributed by atoms with van der Waals surface area (Å²) in [5.41, 5.74) is 1.07. The van der Waals surface area contributed by atoms with Crippen LogP contribution in [-0.2, 0) is 6.61 Å². The van der Waals surface area contributed by atoms with Crippen LogP contribution in [0.15, 0.2) is 40.9 Å². The fourth-order valence-corrected chi connectivity index (χ4v) is 2.14. The number of amides is 1. The first kappa shape index (κ1) is 14.6. The van der Waals surface area contributed by atoms with E-state index in [0.717, 1.165) is 12.1 Å². The lowest BCUT2D eigenvalue weighted by Gasteiger charge is -2.08. The highest BCUT2D eigenvalue weighted by atomic mass is 79.9. The Kier molecular flexibility index (Phi) is 4.46. The van der Waals surface area contributed by atoms with Crippen molar-refractivity contribution in [3.05, 3.63) is 63.6 Å². The Morgan fingerprint density at radius 1 is 1.20 bits per heavy atom. The summed E-state index contributed by atoms with van der Waals surface area (Å²) in [7, 11) is 0. The monoisotopic (exact) mass is 341 g/mol. The molecule has 0 fully saturated rings. The summed E-state index contributed by atoms with van der Waals surface area (Å²) in [5, 5.41) is 11.6. The number of aliphatic hydroxyl groups is 1. The molecule has 2 N–H and O–H groups in total. The highest BCUT2D eigenvalue weighted by Gasteiger charge is 2.14. The third kappa shape index (κ3) is 3.20. The van der Waals surface area contributed by atoms with Crippen molar-refractivity contribution in [1.29, 1.82) is 0 Å². The number of rotatable bonds is 3. The van der Waals surface area contributed by atoms with E-state index < -0.39 is 17.5 Å². The van der Waals surface area contributed by atoms with Gasteiger partial charge < -0.3 is 10.4 Å². The molecule has 0 aliphatic heterocycles. The Morgan fingerprint density at radius 2 is 1.90 bits per heavy atom. The third-order valence-corrected chi connectivity index (χ3v) is 3.28. The fraction of sp³-hybridized carbons (Fsp3) is 0.0714. The molecule has 0 heterocycles. The minimum Gasteiger partial charge on any atom is -0.392 e. The SMILES string of the molecule is O=C(Nc1cccc(CO)c1)c1cc(F)c(F)cc1Br. The molecule has 2 rings (SSSR count). The summed E-state index contributed by atoms with van der Waals surface area (Å²) in [4.78, 5) is 12.0. The molecule has 2 aromatic carbocycles. The van der Waals surface area contributed by atoms with Crippen molar-refractivity contribution in [3.8, 4) is 0 Å². The second-order valence-corrected chi connectivity index (χ2v) is 4.91. The standard InChI is InChI=1S/C14H10BrF2NO2/c15-11-6-13(17)12(16)5-10(11)14(20)18-9-3-1-2-8(4-9)7-19/h1-6,19H,7H2,(H,18,20). The highest BCUT2D eigenvalue weighted by molar-refractivity contribution is 9.10. The maximum Gasteiger partial charge on any atom is 0.256 e. The Labute approximate surface area is 122 Å². The number of carbonyl (C=O) groups is 1. The van der Waals surface area contributed by atoms with E-state index in [0.29, 0.717) is 11.3 Å². The molecule has 0 atom stereocenters. The van der Waals surface area contributed by atoms with Crippen molar-refractivity contribution >= 4 is 27.5 Å². The molecule has 0 bridgehead atoms. The summed E-state index contributed by atoms with van der Waals surface area (Å²) in [6.45, 7) is -0.154.